The predicted octanol–water partition coefficient (Wildman–Crippen LogP) is 2.96. The second kappa shape index (κ2) is 5.76. The van der Waals surface area contributed by atoms with Gasteiger partial charge in [-0.3, -0.25) is 0 Å². The number of carbonyl (C=O) groups is 1. The highest BCUT2D eigenvalue weighted by atomic mass is 16.5. The number of aromatic carboxylic acids is 1. The Hall–Kier alpha value is -1.71. The number of ether oxygens (including phenoxy) is 2. The van der Waals surface area contributed by atoms with Crippen molar-refractivity contribution in [2.75, 3.05) is 13.2 Å². The molecule has 98 valence electrons. The molecule has 1 fully saturated rings. The molecule has 2 rings (SSSR count). The summed E-state index contributed by atoms with van der Waals surface area (Å²) < 4.78 is 11.1. The molecule has 0 saturated heterocycles. The third-order valence-corrected chi connectivity index (χ3v) is 2.83. The van der Waals surface area contributed by atoms with Crippen molar-refractivity contribution < 1.29 is 19.4 Å². The van der Waals surface area contributed by atoms with Gasteiger partial charge in [0, 0.05) is 6.07 Å². The van der Waals surface area contributed by atoms with E-state index in [2.05, 4.69) is 0 Å². The fraction of sp³-hybridized carbons (Fsp3) is 0.500. The van der Waals surface area contributed by atoms with Crippen LogP contribution < -0.4 is 9.47 Å². The monoisotopic (exact) mass is 250 g/mol. The molecule has 0 unspecified atom stereocenters. The quantitative estimate of drug-likeness (QED) is 0.808. The Morgan fingerprint density at radius 3 is 2.78 bits per heavy atom. The molecule has 1 saturated carbocycles. The first-order valence-electron chi connectivity index (χ1n) is 6.33. The van der Waals surface area contributed by atoms with Crippen LogP contribution in [-0.2, 0) is 0 Å². The molecule has 1 aliphatic rings. The van der Waals surface area contributed by atoms with Crippen molar-refractivity contribution in [3.63, 3.8) is 0 Å². The minimum absolute atomic E-state index is 0.194. The lowest BCUT2D eigenvalue weighted by molar-refractivity contribution is 0.0692. The van der Waals surface area contributed by atoms with E-state index in [-0.39, 0.29) is 5.56 Å². The van der Waals surface area contributed by atoms with Crippen LogP contribution >= 0.6 is 0 Å². The fourth-order valence-electron chi connectivity index (χ4n) is 1.60. The van der Waals surface area contributed by atoms with Gasteiger partial charge in [-0.15, -0.1) is 0 Å². The SMILES string of the molecule is CCCOc1ccc(C(=O)O)c(OCC2CC2)c1. The zero-order valence-corrected chi connectivity index (χ0v) is 10.5. The van der Waals surface area contributed by atoms with E-state index in [1.54, 1.807) is 12.1 Å². The van der Waals surface area contributed by atoms with Crippen LogP contribution in [0.2, 0.25) is 0 Å². The summed E-state index contributed by atoms with van der Waals surface area (Å²) >= 11 is 0. The van der Waals surface area contributed by atoms with E-state index in [1.807, 2.05) is 6.92 Å². The highest BCUT2D eigenvalue weighted by Crippen LogP contribution is 2.31. The highest BCUT2D eigenvalue weighted by Gasteiger charge is 2.23. The number of rotatable bonds is 7. The van der Waals surface area contributed by atoms with Gasteiger partial charge in [0.2, 0.25) is 0 Å². The number of carboxylic acid groups (broad SMARTS) is 1. The molecule has 0 bridgehead atoms. The van der Waals surface area contributed by atoms with E-state index in [0.717, 1.165) is 6.42 Å². The molecule has 0 aromatic heterocycles. The molecule has 0 atom stereocenters. The number of hydrogen-bond donors (Lipinski definition) is 1. The molecule has 0 amide bonds. The maximum Gasteiger partial charge on any atom is 0.339 e. The average molecular weight is 250 g/mol. The van der Waals surface area contributed by atoms with E-state index in [4.69, 9.17) is 14.6 Å². The zero-order valence-electron chi connectivity index (χ0n) is 10.5. The molecule has 1 aromatic rings. The summed E-state index contributed by atoms with van der Waals surface area (Å²) in [6.07, 6.45) is 3.27. The number of hydrogen-bond acceptors (Lipinski definition) is 3. The summed E-state index contributed by atoms with van der Waals surface area (Å²) in [5.74, 6) is 0.686. The molecule has 1 N–H and O–H groups in total. The molecule has 4 nitrogen and oxygen atoms in total. The normalized spacial score (nSPS) is 14.3. The second-order valence-electron chi connectivity index (χ2n) is 4.57. The van der Waals surface area contributed by atoms with Crippen LogP contribution in [0.15, 0.2) is 18.2 Å². The van der Waals surface area contributed by atoms with Gasteiger partial charge in [0.15, 0.2) is 0 Å². The van der Waals surface area contributed by atoms with Crippen LogP contribution in [0.25, 0.3) is 0 Å². The van der Waals surface area contributed by atoms with Gasteiger partial charge in [-0.1, -0.05) is 6.92 Å². The first-order valence-corrected chi connectivity index (χ1v) is 6.33. The van der Waals surface area contributed by atoms with Gasteiger partial charge in [0.05, 0.1) is 13.2 Å². The first-order chi connectivity index (χ1) is 8.70. The Balaban J connectivity index is 2.10. The van der Waals surface area contributed by atoms with Crippen LogP contribution in [0.4, 0.5) is 0 Å². The third-order valence-electron chi connectivity index (χ3n) is 2.83. The second-order valence-corrected chi connectivity index (χ2v) is 4.57. The largest absolute Gasteiger partial charge is 0.493 e. The van der Waals surface area contributed by atoms with E-state index >= 15 is 0 Å². The van der Waals surface area contributed by atoms with Gasteiger partial charge in [0.25, 0.3) is 0 Å². The summed E-state index contributed by atoms with van der Waals surface area (Å²) in [7, 11) is 0. The first kappa shape index (κ1) is 12.7. The Morgan fingerprint density at radius 1 is 1.39 bits per heavy atom. The van der Waals surface area contributed by atoms with Crippen molar-refractivity contribution in [3.8, 4) is 11.5 Å². The predicted molar refractivity (Wildman–Crippen MR) is 67.4 cm³/mol. The molecule has 0 radical (unpaired) electrons. The Kier molecular flexibility index (Phi) is 4.07. The molecular formula is C14H18O4. The third kappa shape index (κ3) is 3.39. The van der Waals surface area contributed by atoms with Crippen LogP contribution in [0.3, 0.4) is 0 Å². The molecule has 0 aliphatic heterocycles. The van der Waals surface area contributed by atoms with Gasteiger partial charge in [-0.25, -0.2) is 4.79 Å². The van der Waals surface area contributed by atoms with Crippen LogP contribution in [0.5, 0.6) is 11.5 Å². The standard InChI is InChI=1S/C14H18O4/c1-2-7-17-11-5-6-12(14(15)16)13(8-11)18-9-10-3-4-10/h5-6,8,10H,2-4,7,9H2,1H3,(H,15,16). The van der Waals surface area contributed by atoms with Gasteiger partial charge in [-0.05, 0) is 37.3 Å². The van der Waals surface area contributed by atoms with Gasteiger partial charge < -0.3 is 14.6 Å². The summed E-state index contributed by atoms with van der Waals surface area (Å²) in [6, 6.07) is 4.88. The maximum absolute atomic E-state index is 11.1. The lowest BCUT2D eigenvalue weighted by Crippen LogP contribution is -2.06. The van der Waals surface area contributed by atoms with Crippen molar-refractivity contribution in [2.24, 2.45) is 5.92 Å². The van der Waals surface area contributed by atoms with Crippen LogP contribution in [0.1, 0.15) is 36.5 Å². The maximum atomic E-state index is 11.1. The molecule has 1 aliphatic carbocycles. The average Bonchev–Trinajstić information content (AvgIpc) is 3.17. The summed E-state index contributed by atoms with van der Waals surface area (Å²) in [4.78, 5) is 11.1. The lowest BCUT2D eigenvalue weighted by atomic mass is 10.2. The van der Waals surface area contributed by atoms with E-state index in [9.17, 15) is 4.79 Å². The molecule has 1 aromatic carbocycles. The minimum atomic E-state index is -0.970. The van der Waals surface area contributed by atoms with Crippen molar-refractivity contribution in [3.05, 3.63) is 23.8 Å². The fourth-order valence-corrected chi connectivity index (χ4v) is 1.60. The minimum Gasteiger partial charge on any atom is -0.493 e. The van der Waals surface area contributed by atoms with Gasteiger partial charge in [-0.2, -0.15) is 0 Å². The van der Waals surface area contributed by atoms with E-state index < -0.39 is 5.97 Å². The van der Waals surface area contributed by atoms with E-state index in [1.165, 1.54) is 18.9 Å². The zero-order chi connectivity index (χ0) is 13.0. The molecule has 18 heavy (non-hydrogen) atoms. The van der Waals surface area contributed by atoms with Crippen molar-refractivity contribution >= 4 is 5.97 Å². The van der Waals surface area contributed by atoms with Gasteiger partial charge in [0.1, 0.15) is 17.1 Å². The van der Waals surface area contributed by atoms with Crippen molar-refractivity contribution in [1.29, 1.82) is 0 Å². The molecule has 0 spiro atoms. The van der Waals surface area contributed by atoms with Gasteiger partial charge >= 0.3 is 5.97 Å². The smallest absolute Gasteiger partial charge is 0.339 e. The van der Waals surface area contributed by atoms with Crippen molar-refractivity contribution in [2.45, 2.75) is 26.2 Å². The summed E-state index contributed by atoms with van der Waals surface area (Å²) in [6.45, 7) is 3.24. The molecular weight excluding hydrogens is 232 g/mol. The highest BCUT2D eigenvalue weighted by molar-refractivity contribution is 5.91. The van der Waals surface area contributed by atoms with Crippen LogP contribution in [0, 0.1) is 5.92 Å². The molecule has 4 heteroatoms. The van der Waals surface area contributed by atoms with Crippen molar-refractivity contribution in [1.82, 2.24) is 0 Å². The Morgan fingerprint density at radius 2 is 2.17 bits per heavy atom. The number of carboxylic acids is 1. The number of benzene rings is 1. The lowest BCUT2D eigenvalue weighted by Gasteiger charge is -2.11. The Bertz CT molecular complexity index is 424. The van der Waals surface area contributed by atoms with E-state index in [0.29, 0.717) is 30.6 Å². The summed E-state index contributed by atoms with van der Waals surface area (Å²) in [5, 5.41) is 9.09. The van der Waals surface area contributed by atoms with Crippen LogP contribution in [-0.4, -0.2) is 24.3 Å². The molecule has 0 heterocycles. The Labute approximate surface area is 107 Å². The topological polar surface area (TPSA) is 55.8 Å². The summed E-state index contributed by atoms with van der Waals surface area (Å²) in [5.41, 5.74) is 0.194.